The molecular formula is C15H18FNO3. The number of carboxylic acid groups (broad SMARTS) is 1. The lowest BCUT2D eigenvalue weighted by Crippen LogP contribution is -2.38. The number of halogens is 1. The predicted molar refractivity (Wildman–Crippen MR) is 73.7 cm³/mol. The number of amides is 1. The van der Waals surface area contributed by atoms with Gasteiger partial charge in [0.15, 0.2) is 0 Å². The summed E-state index contributed by atoms with van der Waals surface area (Å²) in [5.41, 5.74) is 0.391. The number of rotatable bonds is 8. The molecule has 0 saturated heterocycles. The van der Waals surface area contributed by atoms with E-state index in [4.69, 9.17) is 5.11 Å². The molecular weight excluding hydrogens is 261 g/mol. The number of aliphatic carboxylic acids is 1. The third-order valence-electron chi connectivity index (χ3n) is 2.79. The van der Waals surface area contributed by atoms with Crippen molar-refractivity contribution in [1.82, 2.24) is 5.32 Å². The van der Waals surface area contributed by atoms with Gasteiger partial charge in [0.05, 0.1) is 6.42 Å². The maximum atomic E-state index is 13.6. The molecule has 0 radical (unpaired) electrons. The maximum Gasteiger partial charge on any atom is 0.305 e. The predicted octanol–water partition coefficient (Wildman–Crippen LogP) is 2.29. The number of carbonyl (C=O) groups excluding carboxylic acids is 1. The molecule has 0 aliphatic heterocycles. The van der Waals surface area contributed by atoms with Gasteiger partial charge in [-0.25, -0.2) is 4.39 Å². The zero-order chi connectivity index (χ0) is 15.0. The number of hydrogen-bond acceptors (Lipinski definition) is 2. The highest BCUT2D eigenvalue weighted by molar-refractivity contribution is 5.77. The fraction of sp³-hybridized carbons (Fsp3) is 0.333. The van der Waals surface area contributed by atoms with E-state index in [1.807, 2.05) is 0 Å². The van der Waals surface area contributed by atoms with Crippen LogP contribution in [0.15, 0.2) is 36.9 Å². The van der Waals surface area contributed by atoms with E-state index < -0.39 is 17.8 Å². The lowest BCUT2D eigenvalue weighted by atomic mass is 10.0. The average molecular weight is 279 g/mol. The van der Waals surface area contributed by atoms with Crippen LogP contribution in [-0.2, 0) is 16.0 Å². The Balaban J connectivity index is 2.69. The number of carbonyl (C=O) groups is 2. The zero-order valence-electron chi connectivity index (χ0n) is 11.1. The lowest BCUT2D eigenvalue weighted by molar-refractivity contribution is -0.137. The summed E-state index contributed by atoms with van der Waals surface area (Å²) >= 11 is 0. The zero-order valence-corrected chi connectivity index (χ0v) is 11.1. The average Bonchev–Trinajstić information content (AvgIpc) is 2.38. The summed E-state index contributed by atoms with van der Waals surface area (Å²) in [6, 6.07) is 5.51. The van der Waals surface area contributed by atoms with Gasteiger partial charge in [-0.3, -0.25) is 9.59 Å². The summed E-state index contributed by atoms with van der Waals surface area (Å²) < 4.78 is 13.6. The van der Waals surface area contributed by atoms with Gasteiger partial charge in [0, 0.05) is 12.5 Å². The van der Waals surface area contributed by atoms with Crippen LogP contribution >= 0.6 is 0 Å². The summed E-state index contributed by atoms with van der Waals surface area (Å²) in [7, 11) is 0. The summed E-state index contributed by atoms with van der Waals surface area (Å²) in [5, 5.41) is 11.5. The first-order chi connectivity index (χ1) is 9.52. The van der Waals surface area contributed by atoms with E-state index in [2.05, 4.69) is 11.9 Å². The quantitative estimate of drug-likeness (QED) is 0.717. The van der Waals surface area contributed by atoms with Crippen molar-refractivity contribution >= 4 is 11.9 Å². The van der Waals surface area contributed by atoms with Gasteiger partial charge < -0.3 is 10.4 Å². The Labute approximate surface area is 117 Å². The second-order valence-corrected chi connectivity index (χ2v) is 4.49. The lowest BCUT2D eigenvalue weighted by Gasteiger charge is -2.17. The van der Waals surface area contributed by atoms with E-state index in [-0.39, 0.29) is 25.2 Å². The van der Waals surface area contributed by atoms with Crippen LogP contribution in [0.4, 0.5) is 4.39 Å². The molecule has 1 rings (SSSR count). The van der Waals surface area contributed by atoms with Gasteiger partial charge in [0.2, 0.25) is 5.91 Å². The van der Waals surface area contributed by atoms with E-state index >= 15 is 0 Å². The minimum absolute atomic E-state index is 0.152. The van der Waals surface area contributed by atoms with E-state index in [9.17, 15) is 14.0 Å². The fourth-order valence-electron chi connectivity index (χ4n) is 1.85. The van der Waals surface area contributed by atoms with E-state index in [0.29, 0.717) is 12.0 Å². The Kier molecular flexibility index (Phi) is 6.43. The fourth-order valence-corrected chi connectivity index (χ4v) is 1.85. The van der Waals surface area contributed by atoms with E-state index in [1.54, 1.807) is 24.3 Å². The Hall–Kier alpha value is -2.17. The van der Waals surface area contributed by atoms with Crippen molar-refractivity contribution in [3.05, 3.63) is 48.3 Å². The molecule has 2 N–H and O–H groups in total. The minimum Gasteiger partial charge on any atom is -0.481 e. The number of nitrogens with one attached hydrogen (secondary N) is 1. The number of carboxylic acids is 1. The Bertz CT molecular complexity index is 488. The highest BCUT2D eigenvalue weighted by atomic mass is 19.1. The SMILES string of the molecule is C=CCCC(=O)N[C@@H](CC(=O)O)Cc1ccccc1F. The first-order valence-corrected chi connectivity index (χ1v) is 6.38. The molecule has 1 amide bonds. The molecule has 0 saturated carbocycles. The largest absolute Gasteiger partial charge is 0.481 e. The summed E-state index contributed by atoms with van der Waals surface area (Å²) in [5.74, 6) is -1.69. The summed E-state index contributed by atoms with van der Waals surface area (Å²) in [6.07, 6.45) is 2.29. The molecule has 0 fully saturated rings. The second-order valence-electron chi connectivity index (χ2n) is 4.49. The van der Waals surface area contributed by atoms with Crippen LogP contribution in [0.25, 0.3) is 0 Å². The third kappa shape index (κ3) is 5.65. The Morgan fingerprint density at radius 3 is 2.70 bits per heavy atom. The molecule has 0 heterocycles. The van der Waals surface area contributed by atoms with Crippen LogP contribution in [-0.4, -0.2) is 23.0 Å². The molecule has 108 valence electrons. The molecule has 4 nitrogen and oxygen atoms in total. The molecule has 1 atom stereocenters. The topological polar surface area (TPSA) is 66.4 Å². The van der Waals surface area contributed by atoms with Crippen LogP contribution in [0.3, 0.4) is 0 Å². The Morgan fingerprint density at radius 1 is 1.40 bits per heavy atom. The van der Waals surface area contributed by atoms with Gasteiger partial charge in [-0.1, -0.05) is 24.3 Å². The molecule has 20 heavy (non-hydrogen) atoms. The molecule has 5 heteroatoms. The molecule has 0 aliphatic carbocycles. The number of hydrogen-bond donors (Lipinski definition) is 2. The molecule has 1 aromatic carbocycles. The molecule has 0 aromatic heterocycles. The van der Waals surface area contributed by atoms with Crippen molar-refractivity contribution in [3.8, 4) is 0 Å². The molecule has 0 aliphatic rings. The van der Waals surface area contributed by atoms with Crippen molar-refractivity contribution in [2.24, 2.45) is 0 Å². The molecule has 0 bridgehead atoms. The highest BCUT2D eigenvalue weighted by Crippen LogP contribution is 2.11. The summed E-state index contributed by atoms with van der Waals surface area (Å²) in [6.45, 7) is 3.52. The molecule has 0 unspecified atom stereocenters. The van der Waals surface area contributed by atoms with Gasteiger partial charge >= 0.3 is 5.97 Å². The number of benzene rings is 1. The van der Waals surface area contributed by atoms with Gasteiger partial charge in [-0.15, -0.1) is 6.58 Å². The monoisotopic (exact) mass is 279 g/mol. The standard InChI is InChI=1S/C15H18FNO3/c1-2-3-8-14(18)17-12(10-15(19)20)9-11-6-4-5-7-13(11)16/h2,4-7,12H,1,3,8-10H2,(H,17,18)(H,19,20)/t12-/m1/s1. The minimum atomic E-state index is -1.03. The molecule has 1 aromatic rings. The van der Waals surface area contributed by atoms with Crippen molar-refractivity contribution in [1.29, 1.82) is 0 Å². The van der Waals surface area contributed by atoms with Gasteiger partial charge in [0.1, 0.15) is 5.82 Å². The highest BCUT2D eigenvalue weighted by Gasteiger charge is 2.17. The maximum absolute atomic E-state index is 13.6. The van der Waals surface area contributed by atoms with Crippen LogP contribution in [0.5, 0.6) is 0 Å². The summed E-state index contributed by atoms with van der Waals surface area (Å²) in [4.78, 5) is 22.4. The normalized spacial score (nSPS) is 11.7. The third-order valence-corrected chi connectivity index (χ3v) is 2.79. The Morgan fingerprint density at radius 2 is 2.10 bits per heavy atom. The van der Waals surface area contributed by atoms with Crippen LogP contribution in [0, 0.1) is 5.82 Å². The van der Waals surface area contributed by atoms with Crippen molar-refractivity contribution in [2.45, 2.75) is 31.7 Å². The van der Waals surface area contributed by atoms with E-state index in [1.165, 1.54) is 6.07 Å². The van der Waals surface area contributed by atoms with Crippen molar-refractivity contribution in [3.63, 3.8) is 0 Å². The van der Waals surface area contributed by atoms with Crippen molar-refractivity contribution < 1.29 is 19.1 Å². The van der Waals surface area contributed by atoms with Gasteiger partial charge in [-0.05, 0) is 24.5 Å². The van der Waals surface area contributed by atoms with Gasteiger partial charge in [-0.2, -0.15) is 0 Å². The first-order valence-electron chi connectivity index (χ1n) is 6.38. The van der Waals surface area contributed by atoms with Crippen LogP contribution < -0.4 is 5.32 Å². The van der Waals surface area contributed by atoms with Gasteiger partial charge in [0.25, 0.3) is 0 Å². The second kappa shape index (κ2) is 8.09. The smallest absolute Gasteiger partial charge is 0.305 e. The first kappa shape index (κ1) is 15.9. The van der Waals surface area contributed by atoms with Crippen LogP contribution in [0.1, 0.15) is 24.8 Å². The van der Waals surface area contributed by atoms with Crippen LogP contribution in [0.2, 0.25) is 0 Å². The van der Waals surface area contributed by atoms with Crippen molar-refractivity contribution in [2.75, 3.05) is 0 Å². The molecule has 0 spiro atoms. The number of allylic oxidation sites excluding steroid dienone is 1. The van der Waals surface area contributed by atoms with E-state index in [0.717, 1.165) is 0 Å².